The molecule has 0 atom stereocenters. The van der Waals surface area contributed by atoms with Crippen LogP contribution in [0.5, 0.6) is 0 Å². The summed E-state index contributed by atoms with van der Waals surface area (Å²) < 4.78 is 66.0. The first-order valence-corrected chi connectivity index (χ1v) is 6.36. The van der Waals surface area contributed by atoms with Gasteiger partial charge in [0.15, 0.2) is 5.82 Å². The van der Waals surface area contributed by atoms with Crippen molar-refractivity contribution in [2.75, 3.05) is 0 Å². The molecule has 0 bridgehead atoms. The van der Waals surface area contributed by atoms with Gasteiger partial charge in [0.1, 0.15) is 0 Å². The summed E-state index contributed by atoms with van der Waals surface area (Å²) in [4.78, 5) is 3.52. The summed E-state index contributed by atoms with van der Waals surface area (Å²) in [5.74, 6) is -6.27. The fourth-order valence-electron chi connectivity index (χ4n) is 2.12. The number of fused-ring (bicyclic) bond motifs is 1. The Morgan fingerprint density at radius 2 is 1.86 bits per heavy atom. The maximum atomic E-state index is 13.6. The van der Waals surface area contributed by atoms with E-state index in [1.165, 1.54) is 12.1 Å². The lowest BCUT2D eigenvalue weighted by Gasteiger charge is -2.20. The number of aromatic nitrogens is 2. The minimum absolute atomic E-state index is 0.0273. The summed E-state index contributed by atoms with van der Waals surface area (Å²) in [6.45, 7) is 1.87. The van der Waals surface area contributed by atoms with Crippen molar-refractivity contribution < 1.29 is 22.0 Å². The van der Waals surface area contributed by atoms with Crippen molar-refractivity contribution in [2.45, 2.75) is 38.5 Å². The molecule has 8 heteroatoms. The molecule has 21 heavy (non-hydrogen) atoms. The van der Waals surface area contributed by atoms with Gasteiger partial charge in [-0.25, -0.2) is 4.98 Å². The maximum absolute atomic E-state index is 13.6. The van der Waals surface area contributed by atoms with E-state index in [0.29, 0.717) is 12.0 Å². The average molecular weight is 307 g/mol. The molecule has 116 valence electrons. The van der Waals surface area contributed by atoms with Crippen molar-refractivity contribution in [3.8, 4) is 0 Å². The molecule has 0 saturated heterocycles. The van der Waals surface area contributed by atoms with Gasteiger partial charge in [0, 0.05) is 13.1 Å². The minimum Gasteiger partial charge on any atom is -0.326 e. The van der Waals surface area contributed by atoms with Crippen LogP contribution in [0.15, 0.2) is 18.2 Å². The summed E-state index contributed by atoms with van der Waals surface area (Å²) >= 11 is 0. The molecule has 0 radical (unpaired) electrons. The molecule has 1 heterocycles. The Labute approximate surface area is 117 Å². The number of alkyl halides is 5. The van der Waals surface area contributed by atoms with E-state index < -0.39 is 17.9 Å². The summed E-state index contributed by atoms with van der Waals surface area (Å²) in [6, 6.07) is 4.49. The second-order valence-corrected chi connectivity index (χ2v) is 4.69. The highest BCUT2D eigenvalue weighted by Crippen LogP contribution is 2.44. The van der Waals surface area contributed by atoms with Crippen LogP contribution in [0.1, 0.15) is 24.7 Å². The fourth-order valence-corrected chi connectivity index (χ4v) is 2.12. The van der Waals surface area contributed by atoms with Gasteiger partial charge in [-0.2, -0.15) is 22.0 Å². The number of imidazole rings is 1. The van der Waals surface area contributed by atoms with E-state index >= 15 is 0 Å². The Morgan fingerprint density at radius 1 is 1.19 bits per heavy atom. The minimum atomic E-state index is -5.68. The highest BCUT2D eigenvalue weighted by atomic mass is 19.4. The molecule has 1 aromatic carbocycles. The molecule has 0 aliphatic rings. The van der Waals surface area contributed by atoms with Gasteiger partial charge in [0.05, 0.1) is 11.0 Å². The Bertz CT molecular complexity index is 645. The van der Waals surface area contributed by atoms with E-state index in [2.05, 4.69) is 4.98 Å². The van der Waals surface area contributed by atoms with Crippen molar-refractivity contribution in [3.05, 3.63) is 29.6 Å². The van der Waals surface area contributed by atoms with Crippen LogP contribution in [0.4, 0.5) is 22.0 Å². The topological polar surface area (TPSA) is 43.8 Å². The maximum Gasteiger partial charge on any atom is 0.461 e. The van der Waals surface area contributed by atoms with Gasteiger partial charge in [-0.3, -0.25) is 0 Å². The van der Waals surface area contributed by atoms with Crippen LogP contribution in [0.2, 0.25) is 0 Å². The van der Waals surface area contributed by atoms with E-state index in [-0.39, 0.29) is 24.1 Å². The van der Waals surface area contributed by atoms with Crippen molar-refractivity contribution in [2.24, 2.45) is 5.73 Å². The number of nitrogens with two attached hydrogens (primary N) is 1. The van der Waals surface area contributed by atoms with Crippen molar-refractivity contribution >= 4 is 11.0 Å². The molecule has 0 saturated carbocycles. The second-order valence-electron chi connectivity index (χ2n) is 4.69. The monoisotopic (exact) mass is 307 g/mol. The van der Waals surface area contributed by atoms with Crippen LogP contribution in [0.3, 0.4) is 0 Å². The third-order valence-corrected chi connectivity index (χ3v) is 3.13. The van der Waals surface area contributed by atoms with E-state index in [4.69, 9.17) is 5.73 Å². The Kier molecular flexibility index (Phi) is 3.92. The third-order valence-electron chi connectivity index (χ3n) is 3.13. The largest absolute Gasteiger partial charge is 0.461 e. The lowest BCUT2D eigenvalue weighted by molar-refractivity contribution is -0.293. The molecule has 2 rings (SSSR count). The molecule has 1 aromatic heterocycles. The van der Waals surface area contributed by atoms with Crippen LogP contribution in [0.25, 0.3) is 11.0 Å². The molecule has 0 fully saturated rings. The average Bonchev–Trinajstić information content (AvgIpc) is 2.76. The predicted octanol–water partition coefficient (Wildman–Crippen LogP) is 3.56. The predicted molar refractivity (Wildman–Crippen MR) is 67.9 cm³/mol. The molecular formula is C13H14F5N3. The smallest absolute Gasteiger partial charge is 0.326 e. The highest BCUT2D eigenvalue weighted by molar-refractivity contribution is 5.77. The first-order chi connectivity index (χ1) is 9.72. The highest BCUT2D eigenvalue weighted by Gasteiger charge is 2.61. The lowest BCUT2D eigenvalue weighted by Crippen LogP contribution is -2.36. The number of hydrogen-bond donors (Lipinski definition) is 1. The zero-order chi connectivity index (χ0) is 15.8. The number of nitrogens with zero attached hydrogens (tertiary/aromatic N) is 2. The Morgan fingerprint density at radius 3 is 2.38 bits per heavy atom. The van der Waals surface area contributed by atoms with E-state index in [1.54, 1.807) is 13.0 Å². The van der Waals surface area contributed by atoms with Crippen LogP contribution >= 0.6 is 0 Å². The van der Waals surface area contributed by atoms with Crippen LogP contribution in [0, 0.1) is 0 Å². The molecule has 0 aliphatic heterocycles. The number of halogens is 5. The normalized spacial score (nSPS) is 13.1. The van der Waals surface area contributed by atoms with Gasteiger partial charge in [0.25, 0.3) is 0 Å². The van der Waals surface area contributed by atoms with Crippen molar-refractivity contribution in [1.29, 1.82) is 0 Å². The Balaban J connectivity index is 2.70. The Hall–Kier alpha value is -1.70. The van der Waals surface area contributed by atoms with Crippen molar-refractivity contribution in [1.82, 2.24) is 9.55 Å². The number of rotatable bonds is 4. The van der Waals surface area contributed by atoms with Gasteiger partial charge in [-0.05, 0) is 24.1 Å². The number of benzene rings is 1. The van der Waals surface area contributed by atoms with Gasteiger partial charge < -0.3 is 10.3 Å². The standard InChI is InChI=1S/C13H14F5N3/c1-2-5-21-10-4-3-8(7-19)6-9(10)20-11(21)12(14,15)13(16,17)18/h3-4,6H,2,5,7,19H2,1H3. The molecule has 0 unspecified atom stereocenters. The molecule has 3 nitrogen and oxygen atoms in total. The van der Waals surface area contributed by atoms with Gasteiger partial charge in [-0.15, -0.1) is 0 Å². The quantitative estimate of drug-likeness (QED) is 0.878. The first kappa shape index (κ1) is 15.7. The summed E-state index contributed by atoms with van der Waals surface area (Å²) in [5, 5.41) is 0. The summed E-state index contributed by atoms with van der Waals surface area (Å²) in [6.07, 6.45) is -5.28. The zero-order valence-electron chi connectivity index (χ0n) is 11.2. The fraction of sp³-hybridized carbons (Fsp3) is 0.462. The molecule has 2 N–H and O–H groups in total. The van der Waals surface area contributed by atoms with Crippen LogP contribution in [-0.2, 0) is 19.0 Å². The molecular weight excluding hydrogens is 293 g/mol. The number of aryl methyl sites for hydroxylation is 1. The zero-order valence-corrected chi connectivity index (χ0v) is 11.2. The first-order valence-electron chi connectivity index (χ1n) is 6.36. The summed E-state index contributed by atoms with van der Waals surface area (Å²) in [7, 11) is 0. The van der Waals surface area contributed by atoms with Gasteiger partial charge in [-0.1, -0.05) is 13.0 Å². The molecule has 0 amide bonds. The SMILES string of the molecule is CCCn1c(C(F)(F)C(F)(F)F)nc2cc(CN)ccc21. The van der Waals surface area contributed by atoms with Gasteiger partial charge in [0.2, 0.25) is 0 Å². The molecule has 0 aliphatic carbocycles. The van der Waals surface area contributed by atoms with E-state index in [0.717, 1.165) is 4.57 Å². The summed E-state index contributed by atoms with van der Waals surface area (Å²) in [5.41, 5.74) is 6.38. The van der Waals surface area contributed by atoms with Gasteiger partial charge >= 0.3 is 12.1 Å². The number of hydrogen-bond acceptors (Lipinski definition) is 2. The molecule has 0 spiro atoms. The van der Waals surface area contributed by atoms with Crippen molar-refractivity contribution in [3.63, 3.8) is 0 Å². The van der Waals surface area contributed by atoms with E-state index in [1.807, 2.05) is 0 Å². The second kappa shape index (κ2) is 5.25. The molecule has 2 aromatic rings. The van der Waals surface area contributed by atoms with E-state index in [9.17, 15) is 22.0 Å². The third kappa shape index (κ3) is 2.59. The van der Waals surface area contributed by atoms with Crippen LogP contribution in [-0.4, -0.2) is 15.7 Å². The van der Waals surface area contributed by atoms with Crippen LogP contribution < -0.4 is 5.73 Å². The lowest BCUT2D eigenvalue weighted by atomic mass is 10.2.